The van der Waals surface area contributed by atoms with E-state index in [0.29, 0.717) is 11.6 Å². The summed E-state index contributed by atoms with van der Waals surface area (Å²) < 4.78 is 0. The van der Waals surface area contributed by atoms with Crippen LogP contribution in [0.1, 0.15) is 31.5 Å². The van der Waals surface area contributed by atoms with E-state index in [1.165, 1.54) is 11.3 Å². The van der Waals surface area contributed by atoms with Gasteiger partial charge in [0.15, 0.2) is 5.13 Å². The van der Waals surface area contributed by atoms with Crippen molar-refractivity contribution >= 4 is 33.4 Å². The van der Waals surface area contributed by atoms with E-state index in [1.807, 2.05) is 29.6 Å². The van der Waals surface area contributed by atoms with Gasteiger partial charge in [0, 0.05) is 18.0 Å². The zero-order valence-corrected chi connectivity index (χ0v) is 13.5. The van der Waals surface area contributed by atoms with E-state index in [0.717, 1.165) is 42.5 Å². The minimum atomic E-state index is -0.375. The van der Waals surface area contributed by atoms with Crippen LogP contribution in [-0.2, 0) is 11.2 Å². The van der Waals surface area contributed by atoms with Crippen molar-refractivity contribution in [1.29, 1.82) is 0 Å². The zero-order chi connectivity index (χ0) is 15.7. The number of amides is 1. The zero-order valence-electron chi connectivity index (χ0n) is 12.7. The number of aromatic nitrogens is 3. The summed E-state index contributed by atoms with van der Waals surface area (Å²) in [6.45, 7) is 0. The Hall–Kier alpha value is -2.21. The Balaban J connectivity index is 1.60. The van der Waals surface area contributed by atoms with Crippen molar-refractivity contribution < 1.29 is 4.79 Å². The number of benzene rings is 1. The van der Waals surface area contributed by atoms with Gasteiger partial charge in [0.25, 0.3) is 0 Å². The second kappa shape index (κ2) is 5.77. The van der Waals surface area contributed by atoms with Crippen molar-refractivity contribution in [2.75, 3.05) is 5.32 Å². The predicted octanol–water partition coefficient (Wildman–Crippen LogP) is 3.76. The maximum absolute atomic E-state index is 12.9. The number of nitrogens with zero attached hydrogens (tertiary/aromatic N) is 2. The van der Waals surface area contributed by atoms with Crippen molar-refractivity contribution in [3.8, 4) is 0 Å². The quantitative estimate of drug-likeness (QED) is 0.767. The third-order valence-corrected chi connectivity index (χ3v) is 5.33. The first-order valence-electron chi connectivity index (χ1n) is 7.90. The number of imidazole rings is 1. The highest BCUT2D eigenvalue weighted by Gasteiger charge is 2.42. The summed E-state index contributed by atoms with van der Waals surface area (Å²) in [4.78, 5) is 25.0. The molecule has 0 aliphatic heterocycles. The Bertz CT molecular complexity index is 785. The SMILES string of the molecule is O=C(Nc1nccs1)C1(Cc2nc3ccccc3[nH]2)CCCC1. The highest BCUT2D eigenvalue weighted by Crippen LogP contribution is 2.41. The highest BCUT2D eigenvalue weighted by atomic mass is 32.1. The molecule has 1 fully saturated rings. The summed E-state index contributed by atoms with van der Waals surface area (Å²) in [5.74, 6) is 0.966. The molecule has 1 saturated carbocycles. The van der Waals surface area contributed by atoms with E-state index in [1.54, 1.807) is 6.20 Å². The number of H-pyrrole nitrogens is 1. The summed E-state index contributed by atoms with van der Waals surface area (Å²) in [5.41, 5.74) is 1.60. The fourth-order valence-electron chi connectivity index (χ4n) is 3.46. The van der Waals surface area contributed by atoms with Crippen LogP contribution in [0.4, 0.5) is 5.13 Å². The minimum Gasteiger partial charge on any atom is -0.342 e. The van der Waals surface area contributed by atoms with Crippen molar-refractivity contribution in [3.05, 3.63) is 41.7 Å². The van der Waals surface area contributed by atoms with Crippen LogP contribution in [0, 0.1) is 5.41 Å². The van der Waals surface area contributed by atoms with E-state index in [4.69, 9.17) is 0 Å². The number of aromatic amines is 1. The lowest BCUT2D eigenvalue weighted by Crippen LogP contribution is -2.36. The van der Waals surface area contributed by atoms with Crippen LogP contribution < -0.4 is 5.32 Å². The molecule has 3 aromatic rings. The lowest BCUT2D eigenvalue weighted by molar-refractivity contribution is -0.125. The number of hydrogen-bond acceptors (Lipinski definition) is 4. The Kier molecular flexibility index (Phi) is 3.61. The van der Waals surface area contributed by atoms with Gasteiger partial charge in [0.1, 0.15) is 5.82 Å². The van der Waals surface area contributed by atoms with Gasteiger partial charge in [-0.05, 0) is 25.0 Å². The van der Waals surface area contributed by atoms with Gasteiger partial charge in [-0.25, -0.2) is 9.97 Å². The van der Waals surface area contributed by atoms with Crippen molar-refractivity contribution in [3.63, 3.8) is 0 Å². The number of fused-ring (bicyclic) bond motifs is 1. The van der Waals surface area contributed by atoms with E-state index >= 15 is 0 Å². The number of nitrogens with one attached hydrogen (secondary N) is 2. The largest absolute Gasteiger partial charge is 0.342 e. The fourth-order valence-corrected chi connectivity index (χ4v) is 3.98. The van der Waals surface area contributed by atoms with Crippen molar-refractivity contribution in [2.45, 2.75) is 32.1 Å². The van der Waals surface area contributed by atoms with Gasteiger partial charge >= 0.3 is 0 Å². The topological polar surface area (TPSA) is 70.7 Å². The van der Waals surface area contributed by atoms with Crippen LogP contribution in [0.25, 0.3) is 11.0 Å². The molecular formula is C17H18N4OS. The van der Waals surface area contributed by atoms with Gasteiger partial charge in [-0.1, -0.05) is 25.0 Å². The molecule has 0 spiro atoms. The fraction of sp³-hybridized carbons (Fsp3) is 0.353. The molecule has 4 rings (SSSR count). The van der Waals surface area contributed by atoms with Crippen LogP contribution in [0.5, 0.6) is 0 Å². The average molecular weight is 326 g/mol. The van der Waals surface area contributed by atoms with Crippen LogP contribution in [0.3, 0.4) is 0 Å². The van der Waals surface area contributed by atoms with Crippen LogP contribution >= 0.6 is 11.3 Å². The molecule has 1 aromatic carbocycles. The predicted molar refractivity (Wildman–Crippen MR) is 91.4 cm³/mol. The van der Waals surface area contributed by atoms with Crippen LogP contribution in [-0.4, -0.2) is 20.9 Å². The number of hydrogen-bond donors (Lipinski definition) is 2. The molecule has 2 aromatic heterocycles. The van der Waals surface area contributed by atoms with E-state index in [9.17, 15) is 4.79 Å². The molecule has 2 heterocycles. The summed E-state index contributed by atoms with van der Waals surface area (Å²) in [7, 11) is 0. The molecule has 0 radical (unpaired) electrons. The number of carbonyl (C=O) groups excluding carboxylic acids is 1. The molecule has 118 valence electrons. The molecule has 0 bridgehead atoms. The van der Waals surface area contributed by atoms with Crippen molar-refractivity contribution in [1.82, 2.24) is 15.0 Å². The molecular weight excluding hydrogens is 308 g/mol. The van der Waals surface area contributed by atoms with E-state index in [2.05, 4.69) is 20.3 Å². The second-order valence-corrected chi connectivity index (χ2v) is 7.05. The Morgan fingerprint density at radius 3 is 2.87 bits per heavy atom. The minimum absolute atomic E-state index is 0.0745. The molecule has 0 unspecified atom stereocenters. The van der Waals surface area contributed by atoms with Gasteiger partial charge in [0.2, 0.25) is 5.91 Å². The lowest BCUT2D eigenvalue weighted by Gasteiger charge is -2.26. The van der Waals surface area contributed by atoms with Gasteiger partial charge < -0.3 is 10.3 Å². The lowest BCUT2D eigenvalue weighted by atomic mass is 9.81. The average Bonchev–Trinajstić information content (AvgIpc) is 3.27. The smallest absolute Gasteiger partial charge is 0.232 e. The molecule has 1 aliphatic carbocycles. The van der Waals surface area contributed by atoms with E-state index in [-0.39, 0.29) is 11.3 Å². The third-order valence-electron chi connectivity index (χ3n) is 4.64. The molecule has 23 heavy (non-hydrogen) atoms. The van der Waals surface area contributed by atoms with Crippen LogP contribution in [0.15, 0.2) is 35.8 Å². The molecule has 0 saturated heterocycles. The Morgan fingerprint density at radius 1 is 1.30 bits per heavy atom. The number of rotatable bonds is 4. The standard InChI is InChI=1S/C17H18N4OS/c22-15(21-16-18-9-10-23-16)17(7-3-4-8-17)11-14-19-12-5-1-2-6-13(12)20-14/h1-2,5-6,9-10H,3-4,7-8,11H2,(H,19,20)(H,18,21,22). The summed E-state index contributed by atoms with van der Waals surface area (Å²) in [6, 6.07) is 7.98. The number of carbonyl (C=O) groups is 1. The summed E-state index contributed by atoms with van der Waals surface area (Å²) in [5, 5.41) is 5.53. The molecule has 6 heteroatoms. The monoisotopic (exact) mass is 326 g/mol. The van der Waals surface area contributed by atoms with E-state index < -0.39 is 0 Å². The molecule has 5 nitrogen and oxygen atoms in total. The molecule has 0 atom stereocenters. The number of anilines is 1. The van der Waals surface area contributed by atoms with Crippen LogP contribution in [0.2, 0.25) is 0 Å². The summed E-state index contributed by atoms with van der Waals surface area (Å²) in [6.07, 6.45) is 6.35. The van der Waals surface area contributed by atoms with Gasteiger partial charge in [-0.3, -0.25) is 4.79 Å². The maximum atomic E-state index is 12.9. The highest BCUT2D eigenvalue weighted by molar-refractivity contribution is 7.13. The van der Waals surface area contributed by atoms with Gasteiger partial charge in [-0.2, -0.15) is 0 Å². The Morgan fingerprint density at radius 2 is 2.13 bits per heavy atom. The first-order valence-corrected chi connectivity index (χ1v) is 8.78. The first kappa shape index (κ1) is 14.4. The third kappa shape index (κ3) is 2.74. The van der Waals surface area contributed by atoms with Crippen molar-refractivity contribution in [2.24, 2.45) is 5.41 Å². The number of thiazole rings is 1. The molecule has 1 aliphatic rings. The molecule has 1 amide bonds. The summed E-state index contributed by atoms with van der Waals surface area (Å²) >= 11 is 1.45. The second-order valence-electron chi connectivity index (χ2n) is 6.16. The maximum Gasteiger partial charge on any atom is 0.232 e. The molecule has 2 N–H and O–H groups in total. The Labute approximate surface area is 138 Å². The first-order chi connectivity index (χ1) is 11.3. The number of para-hydroxylation sites is 2. The van der Waals surface area contributed by atoms with Gasteiger partial charge in [0.05, 0.1) is 16.4 Å². The normalized spacial score (nSPS) is 16.7. The van der Waals surface area contributed by atoms with Gasteiger partial charge in [-0.15, -0.1) is 11.3 Å².